The second kappa shape index (κ2) is 7.86. The average Bonchev–Trinajstić information content (AvgIpc) is 3.40. The van der Waals surface area contributed by atoms with E-state index in [0.717, 1.165) is 16.7 Å². The van der Waals surface area contributed by atoms with Crippen molar-refractivity contribution in [3.8, 4) is 17.2 Å². The average molecular weight is 424 g/mol. The number of hydrogen-bond acceptors (Lipinski definition) is 6. The zero-order valence-electron chi connectivity index (χ0n) is 18.3. The highest BCUT2D eigenvalue weighted by molar-refractivity contribution is 5.68. The van der Waals surface area contributed by atoms with Crippen LogP contribution in [0.3, 0.4) is 0 Å². The molecule has 2 aromatic rings. The first-order valence-corrected chi connectivity index (χ1v) is 10.6. The van der Waals surface area contributed by atoms with Crippen LogP contribution in [-0.2, 0) is 20.8 Å². The lowest BCUT2D eigenvalue weighted by atomic mass is 9.90. The van der Waals surface area contributed by atoms with Gasteiger partial charge in [0.2, 0.25) is 0 Å². The summed E-state index contributed by atoms with van der Waals surface area (Å²) in [6, 6.07) is 10.0. The molecule has 0 saturated carbocycles. The van der Waals surface area contributed by atoms with E-state index in [1.165, 1.54) is 0 Å². The summed E-state index contributed by atoms with van der Waals surface area (Å²) in [4.78, 5) is 0. The Hall–Kier alpha value is -2.54. The number of benzene rings is 2. The number of rotatable bonds is 6. The molecule has 0 unspecified atom stereocenters. The summed E-state index contributed by atoms with van der Waals surface area (Å²) in [6.07, 6.45) is 3.13. The van der Waals surface area contributed by atoms with E-state index >= 15 is 0 Å². The summed E-state index contributed by atoms with van der Waals surface area (Å²) in [5.74, 6) is 1.91. The minimum absolute atomic E-state index is 0.0550. The van der Waals surface area contributed by atoms with Crippen molar-refractivity contribution in [1.29, 1.82) is 0 Å². The maximum absolute atomic E-state index is 6.38. The molecule has 3 aliphatic heterocycles. The minimum atomic E-state index is -0.615. The lowest BCUT2D eigenvalue weighted by Gasteiger charge is -2.36. The Balaban J connectivity index is 1.63. The lowest BCUT2D eigenvalue weighted by molar-refractivity contribution is -0.227. The van der Waals surface area contributed by atoms with Crippen LogP contribution < -0.4 is 14.2 Å². The molecule has 0 spiro atoms. The molecule has 0 N–H and O–H groups in total. The highest BCUT2D eigenvalue weighted by Crippen LogP contribution is 2.59. The summed E-state index contributed by atoms with van der Waals surface area (Å²) in [6.45, 7) is 5.76. The van der Waals surface area contributed by atoms with E-state index in [4.69, 9.17) is 28.4 Å². The van der Waals surface area contributed by atoms with Crippen molar-refractivity contribution in [3.05, 3.63) is 64.7 Å². The molecule has 1 saturated heterocycles. The molecule has 2 atom stereocenters. The smallest absolute Gasteiger partial charge is 0.191 e. The topological polar surface area (TPSA) is 55.4 Å². The molecule has 3 aliphatic rings. The van der Waals surface area contributed by atoms with Gasteiger partial charge in [-0.25, -0.2) is 0 Å². The van der Waals surface area contributed by atoms with Gasteiger partial charge in [-0.1, -0.05) is 56.3 Å². The number of fused-ring (bicyclic) bond motifs is 5. The zero-order valence-corrected chi connectivity index (χ0v) is 18.3. The first-order chi connectivity index (χ1) is 15.0. The Kier molecular flexibility index (Phi) is 5.16. The Morgan fingerprint density at radius 2 is 1.45 bits per heavy atom. The molecule has 0 aromatic heterocycles. The van der Waals surface area contributed by atoms with Crippen molar-refractivity contribution >= 4 is 0 Å². The first-order valence-electron chi connectivity index (χ1n) is 10.6. The SMILES string of the molecule is COc1c(C2OCC(C)(C)CO2)c(OCc2ccccc2)c(OC)c2c1[C@@H]1C=C[C@H]2O1. The predicted molar refractivity (Wildman–Crippen MR) is 114 cm³/mol. The quantitative estimate of drug-likeness (QED) is 0.606. The Labute approximate surface area is 182 Å². The second-order valence-corrected chi connectivity index (χ2v) is 8.89. The van der Waals surface area contributed by atoms with Gasteiger partial charge < -0.3 is 28.4 Å². The first kappa shape index (κ1) is 20.4. The van der Waals surface area contributed by atoms with Crippen LogP contribution in [0.4, 0.5) is 0 Å². The molecule has 0 radical (unpaired) electrons. The Morgan fingerprint density at radius 3 is 2.06 bits per heavy atom. The van der Waals surface area contributed by atoms with Gasteiger partial charge in [0.1, 0.15) is 24.6 Å². The molecule has 1 fully saturated rings. The fourth-order valence-corrected chi connectivity index (χ4v) is 4.45. The van der Waals surface area contributed by atoms with Gasteiger partial charge >= 0.3 is 0 Å². The summed E-state index contributed by atoms with van der Waals surface area (Å²) >= 11 is 0. The number of ether oxygens (including phenoxy) is 6. The van der Waals surface area contributed by atoms with E-state index in [2.05, 4.69) is 19.9 Å². The van der Waals surface area contributed by atoms with E-state index in [0.29, 0.717) is 42.6 Å². The van der Waals surface area contributed by atoms with Crippen molar-refractivity contribution in [2.24, 2.45) is 5.41 Å². The largest absolute Gasteiger partial charge is 0.496 e. The molecule has 0 amide bonds. The third-order valence-electron chi connectivity index (χ3n) is 5.92. The summed E-state index contributed by atoms with van der Waals surface area (Å²) < 4.78 is 36.6. The molecule has 5 rings (SSSR count). The Bertz CT molecular complexity index is 987. The van der Waals surface area contributed by atoms with Gasteiger partial charge in [0.25, 0.3) is 0 Å². The van der Waals surface area contributed by atoms with Gasteiger partial charge in [0.15, 0.2) is 17.8 Å². The van der Waals surface area contributed by atoms with E-state index in [9.17, 15) is 0 Å². The molecular weight excluding hydrogens is 396 g/mol. The van der Waals surface area contributed by atoms with E-state index in [1.54, 1.807) is 14.2 Å². The molecule has 2 bridgehead atoms. The number of methoxy groups -OCH3 is 2. The van der Waals surface area contributed by atoms with Gasteiger partial charge in [-0.3, -0.25) is 0 Å². The van der Waals surface area contributed by atoms with Crippen molar-refractivity contribution in [3.63, 3.8) is 0 Å². The normalized spacial score (nSPS) is 23.6. The van der Waals surface area contributed by atoms with Gasteiger partial charge in [0, 0.05) is 16.5 Å². The maximum Gasteiger partial charge on any atom is 0.191 e. The van der Waals surface area contributed by atoms with E-state index in [-0.39, 0.29) is 17.6 Å². The van der Waals surface area contributed by atoms with Gasteiger partial charge in [-0.2, -0.15) is 0 Å². The standard InChI is InChI=1S/C25H28O6/c1-25(2)13-29-24(30-14-25)20-21(26-3)18-16-10-11-17(31-16)19(18)22(27-4)23(20)28-12-15-8-6-5-7-9-15/h5-11,16-17,24H,12-14H2,1-4H3/t16-,17+/m0/s1. The van der Waals surface area contributed by atoms with Crippen molar-refractivity contribution < 1.29 is 28.4 Å². The van der Waals surface area contributed by atoms with Crippen LogP contribution in [0, 0.1) is 5.41 Å². The predicted octanol–water partition coefficient (Wildman–Crippen LogP) is 5.04. The zero-order chi connectivity index (χ0) is 21.6. The third-order valence-corrected chi connectivity index (χ3v) is 5.92. The van der Waals surface area contributed by atoms with E-state index in [1.807, 2.05) is 36.4 Å². The van der Waals surface area contributed by atoms with Crippen LogP contribution in [-0.4, -0.2) is 27.4 Å². The van der Waals surface area contributed by atoms with Crippen molar-refractivity contribution in [1.82, 2.24) is 0 Å². The summed E-state index contributed by atoms with van der Waals surface area (Å²) in [5.41, 5.74) is 3.63. The fourth-order valence-electron chi connectivity index (χ4n) is 4.45. The monoisotopic (exact) mass is 424 g/mol. The molecule has 6 nitrogen and oxygen atoms in total. The van der Waals surface area contributed by atoms with Gasteiger partial charge in [-0.05, 0) is 5.56 Å². The Morgan fingerprint density at radius 1 is 0.839 bits per heavy atom. The summed E-state index contributed by atoms with van der Waals surface area (Å²) in [5, 5.41) is 0. The molecule has 164 valence electrons. The van der Waals surface area contributed by atoms with Crippen LogP contribution in [0.5, 0.6) is 17.2 Å². The molecule has 0 aliphatic carbocycles. The van der Waals surface area contributed by atoms with Crippen LogP contribution in [0.2, 0.25) is 0 Å². The highest BCUT2D eigenvalue weighted by Gasteiger charge is 2.45. The van der Waals surface area contributed by atoms with Crippen LogP contribution in [0.15, 0.2) is 42.5 Å². The van der Waals surface area contributed by atoms with Gasteiger partial charge in [0.05, 0.1) is 33.0 Å². The fraction of sp³-hybridized carbons (Fsp3) is 0.440. The van der Waals surface area contributed by atoms with Crippen LogP contribution in [0.25, 0.3) is 0 Å². The maximum atomic E-state index is 6.38. The van der Waals surface area contributed by atoms with E-state index < -0.39 is 6.29 Å². The number of hydrogen-bond donors (Lipinski definition) is 0. The molecular formula is C25H28O6. The van der Waals surface area contributed by atoms with Crippen molar-refractivity contribution in [2.45, 2.75) is 39.0 Å². The molecule has 2 aromatic carbocycles. The third kappa shape index (κ3) is 3.49. The van der Waals surface area contributed by atoms with Crippen molar-refractivity contribution in [2.75, 3.05) is 27.4 Å². The molecule has 6 heteroatoms. The van der Waals surface area contributed by atoms with Crippen LogP contribution >= 0.6 is 0 Å². The molecule has 31 heavy (non-hydrogen) atoms. The second-order valence-electron chi connectivity index (χ2n) is 8.89. The summed E-state index contributed by atoms with van der Waals surface area (Å²) in [7, 11) is 3.32. The highest BCUT2D eigenvalue weighted by atomic mass is 16.7. The minimum Gasteiger partial charge on any atom is -0.496 e. The van der Waals surface area contributed by atoms with Crippen LogP contribution in [0.1, 0.15) is 54.6 Å². The lowest BCUT2D eigenvalue weighted by Crippen LogP contribution is -2.34. The molecule has 3 heterocycles. The van der Waals surface area contributed by atoms with Gasteiger partial charge in [-0.15, -0.1) is 0 Å².